The summed E-state index contributed by atoms with van der Waals surface area (Å²) in [7, 11) is 0. The third-order valence-electron chi connectivity index (χ3n) is 5.18. The fourth-order valence-electron chi connectivity index (χ4n) is 3.67. The van der Waals surface area contributed by atoms with Crippen LogP contribution < -0.4 is 15.9 Å². The average Bonchev–Trinajstić information content (AvgIpc) is 2.99. The number of carbonyl (C=O) groups excluding carboxylic acids is 1. The van der Waals surface area contributed by atoms with Gasteiger partial charge in [0.15, 0.2) is 0 Å². The zero-order valence-corrected chi connectivity index (χ0v) is 16.4. The van der Waals surface area contributed by atoms with Crippen molar-refractivity contribution in [3.05, 3.63) is 52.3 Å². The Balaban J connectivity index is 1.53. The van der Waals surface area contributed by atoms with Crippen molar-refractivity contribution in [3.8, 4) is 0 Å². The highest BCUT2D eigenvalue weighted by Crippen LogP contribution is 2.21. The van der Waals surface area contributed by atoms with Crippen molar-refractivity contribution in [2.75, 3.05) is 23.3 Å². The van der Waals surface area contributed by atoms with Crippen LogP contribution in [0.2, 0.25) is 0 Å². The SMILES string of the molecule is Cc1cc(F)ccc1NC(=O)Cn1nc2nc(N3CCC[C@H](C)C3)ccn2c1=O. The first-order valence-electron chi connectivity index (χ1n) is 9.68. The Kier molecular flexibility index (Phi) is 5.04. The molecular weight excluding hydrogens is 375 g/mol. The molecule has 152 valence electrons. The van der Waals surface area contributed by atoms with Crippen LogP contribution in [-0.4, -0.2) is 38.2 Å². The summed E-state index contributed by atoms with van der Waals surface area (Å²) >= 11 is 0. The molecule has 29 heavy (non-hydrogen) atoms. The molecule has 9 heteroatoms. The first-order valence-corrected chi connectivity index (χ1v) is 9.68. The van der Waals surface area contributed by atoms with Gasteiger partial charge in [0.1, 0.15) is 18.2 Å². The van der Waals surface area contributed by atoms with E-state index in [1.807, 2.05) is 0 Å². The molecule has 0 spiro atoms. The predicted molar refractivity (Wildman–Crippen MR) is 108 cm³/mol. The summed E-state index contributed by atoms with van der Waals surface area (Å²) in [6.07, 6.45) is 3.96. The lowest BCUT2D eigenvalue weighted by atomic mass is 10.0. The smallest absolute Gasteiger partial charge is 0.352 e. The number of nitrogens with zero attached hydrogens (tertiary/aromatic N) is 5. The summed E-state index contributed by atoms with van der Waals surface area (Å²) in [6.45, 7) is 5.51. The lowest BCUT2D eigenvalue weighted by Gasteiger charge is -2.31. The number of hydrogen-bond acceptors (Lipinski definition) is 5. The Morgan fingerprint density at radius 1 is 1.34 bits per heavy atom. The summed E-state index contributed by atoms with van der Waals surface area (Å²) in [6, 6.07) is 5.90. The zero-order valence-electron chi connectivity index (χ0n) is 16.4. The molecule has 0 saturated carbocycles. The average molecular weight is 398 g/mol. The minimum absolute atomic E-state index is 0.255. The van der Waals surface area contributed by atoms with E-state index < -0.39 is 11.6 Å². The van der Waals surface area contributed by atoms with E-state index in [1.165, 1.54) is 29.0 Å². The monoisotopic (exact) mass is 398 g/mol. The number of benzene rings is 1. The number of nitrogens with one attached hydrogen (secondary N) is 1. The molecule has 1 aliphatic rings. The molecule has 1 atom stereocenters. The molecule has 0 unspecified atom stereocenters. The van der Waals surface area contributed by atoms with Crippen molar-refractivity contribution in [1.29, 1.82) is 0 Å². The maximum absolute atomic E-state index is 13.2. The molecule has 1 N–H and O–H groups in total. The van der Waals surface area contributed by atoms with Crippen molar-refractivity contribution in [3.63, 3.8) is 0 Å². The number of anilines is 2. The Bertz CT molecular complexity index is 1120. The van der Waals surface area contributed by atoms with E-state index in [9.17, 15) is 14.0 Å². The van der Waals surface area contributed by atoms with Crippen molar-refractivity contribution in [2.45, 2.75) is 33.2 Å². The van der Waals surface area contributed by atoms with E-state index in [2.05, 4.69) is 27.2 Å². The first-order chi connectivity index (χ1) is 13.9. The largest absolute Gasteiger partial charge is 0.356 e. The van der Waals surface area contributed by atoms with Gasteiger partial charge in [-0.2, -0.15) is 4.98 Å². The van der Waals surface area contributed by atoms with E-state index in [0.717, 1.165) is 30.0 Å². The van der Waals surface area contributed by atoms with Gasteiger partial charge in [0.05, 0.1) is 0 Å². The number of rotatable bonds is 4. The number of carbonyl (C=O) groups is 1. The second kappa shape index (κ2) is 7.65. The highest BCUT2D eigenvalue weighted by molar-refractivity contribution is 5.91. The zero-order chi connectivity index (χ0) is 20.5. The van der Waals surface area contributed by atoms with Gasteiger partial charge in [-0.3, -0.25) is 4.79 Å². The Morgan fingerprint density at radius 2 is 2.17 bits per heavy atom. The maximum atomic E-state index is 13.2. The van der Waals surface area contributed by atoms with Crippen molar-refractivity contribution in [1.82, 2.24) is 19.2 Å². The molecule has 1 fully saturated rings. The minimum atomic E-state index is -0.433. The molecule has 0 bridgehead atoms. The van der Waals surface area contributed by atoms with Gasteiger partial charge < -0.3 is 10.2 Å². The molecule has 8 nitrogen and oxygen atoms in total. The van der Waals surface area contributed by atoms with Crippen LogP contribution in [-0.2, 0) is 11.3 Å². The molecule has 3 aromatic rings. The van der Waals surface area contributed by atoms with Crippen LogP contribution in [0.1, 0.15) is 25.3 Å². The Morgan fingerprint density at radius 3 is 2.93 bits per heavy atom. The van der Waals surface area contributed by atoms with Crippen molar-refractivity contribution < 1.29 is 9.18 Å². The standard InChI is InChI=1S/C20H23FN6O2/c1-13-4-3-8-25(11-13)17-7-9-26-19(23-17)24-27(20(26)29)12-18(28)22-16-6-5-15(21)10-14(16)2/h5-7,9-10,13H,3-4,8,11-12H2,1-2H3,(H,22,28)/t13-/m0/s1. The minimum Gasteiger partial charge on any atom is -0.356 e. The molecule has 1 amide bonds. The topological polar surface area (TPSA) is 84.5 Å². The second-order valence-corrected chi connectivity index (χ2v) is 7.60. The lowest BCUT2D eigenvalue weighted by Crippen LogP contribution is -2.35. The number of aromatic nitrogens is 4. The summed E-state index contributed by atoms with van der Waals surface area (Å²) < 4.78 is 15.6. The number of hydrogen-bond donors (Lipinski definition) is 1. The van der Waals surface area contributed by atoms with Crippen LogP contribution in [0.3, 0.4) is 0 Å². The van der Waals surface area contributed by atoms with Gasteiger partial charge in [-0.15, -0.1) is 5.10 Å². The second-order valence-electron chi connectivity index (χ2n) is 7.60. The van der Waals surface area contributed by atoms with E-state index in [4.69, 9.17) is 0 Å². The van der Waals surface area contributed by atoms with E-state index in [-0.39, 0.29) is 18.1 Å². The van der Waals surface area contributed by atoms with Crippen molar-refractivity contribution in [2.24, 2.45) is 5.92 Å². The first kappa shape index (κ1) is 19.1. The van der Waals surface area contributed by atoms with Gasteiger partial charge in [0.2, 0.25) is 5.91 Å². The number of piperidine rings is 1. The molecule has 3 heterocycles. The third-order valence-corrected chi connectivity index (χ3v) is 5.18. The predicted octanol–water partition coefficient (Wildman–Crippen LogP) is 2.21. The molecule has 0 radical (unpaired) electrons. The Labute approximate surface area is 167 Å². The van der Waals surface area contributed by atoms with Crippen LogP contribution in [0, 0.1) is 18.7 Å². The van der Waals surface area contributed by atoms with Gasteiger partial charge in [-0.05, 0) is 55.5 Å². The molecular formula is C20H23FN6O2. The highest BCUT2D eigenvalue weighted by Gasteiger charge is 2.19. The maximum Gasteiger partial charge on any atom is 0.352 e. The Hall–Kier alpha value is -3.23. The number of aryl methyl sites for hydroxylation is 1. The molecule has 1 aliphatic heterocycles. The molecule has 1 aromatic carbocycles. The van der Waals surface area contributed by atoms with Gasteiger partial charge >= 0.3 is 5.69 Å². The van der Waals surface area contributed by atoms with Gasteiger partial charge in [0, 0.05) is 25.0 Å². The van der Waals surface area contributed by atoms with Crippen LogP contribution >= 0.6 is 0 Å². The highest BCUT2D eigenvalue weighted by atomic mass is 19.1. The van der Waals surface area contributed by atoms with E-state index in [0.29, 0.717) is 17.2 Å². The molecule has 4 rings (SSSR count). The fourth-order valence-corrected chi connectivity index (χ4v) is 3.67. The fraction of sp³-hybridized carbons (Fsp3) is 0.400. The quantitative estimate of drug-likeness (QED) is 0.728. The van der Waals surface area contributed by atoms with Crippen LogP contribution in [0.4, 0.5) is 15.9 Å². The molecule has 0 aliphatic carbocycles. The molecule has 1 saturated heterocycles. The number of fused-ring (bicyclic) bond motifs is 1. The summed E-state index contributed by atoms with van der Waals surface area (Å²) in [5.41, 5.74) is 0.660. The van der Waals surface area contributed by atoms with Gasteiger partial charge in [0.25, 0.3) is 5.78 Å². The lowest BCUT2D eigenvalue weighted by molar-refractivity contribution is -0.117. The number of amides is 1. The van der Waals surface area contributed by atoms with Gasteiger partial charge in [-0.25, -0.2) is 18.3 Å². The van der Waals surface area contributed by atoms with Crippen LogP contribution in [0.5, 0.6) is 0 Å². The van der Waals surface area contributed by atoms with E-state index in [1.54, 1.807) is 19.2 Å². The van der Waals surface area contributed by atoms with E-state index >= 15 is 0 Å². The summed E-state index contributed by atoms with van der Waals surface area (Å²) in [4.78, 5) is 31.6. The molecule has 2 aromatic heterocycles. The third kappa shape index (κ3) is 3.98. The van der Waals surface area contributed by atoms with Crippen LogP contribution in [0.25, 0.3) is 5.78 Å². The van der Waals surface area contributed by atoms with Crippen molar-refractivity contribution >= 4 is 23.2 Å². The summed E-state index contributed by atoms with van der Waals surface area (Å²) in [5, 5.41) is 6.90. The normalized spacial score (nSPS) is 16.9. The van der Waals surface area contributed by atoms with Crippen LogP contribution in [0.15, 0.2) is 35.3 Å². The summed E-state index contributed by atoms with van der Waals surface area (Å²) in [5.74, 6) is 0.849. The van der Waals surface area contributed by atoms with Gasteiger partial charge in [-0.1, -0.05) is 6.92 Å². The number of halogens is 1.